The molecule has 0 spiro atoms. The third-order valence-corrected chi connectivity index (χ3v) is 5.26. The molecule has 0 radical (unpaired) electrons. The van der Waals surface area contributed by atoms with Crippen molar-refractivity contribution in [3.63, 3.8) is 0 Å². The smallest absolute Gasteiger partial charge is 0.344 e. The first kappa shape index (κ1) is 20.9. The molecule has 0 bridgehead atoms. The monoisotopic (exact) mass is 409 g/mol. The summed E-state index contributed by atoms with van der Waals surface area (Å²) in [6.45, 7) is 3.37. The molecule has 1 amide bonds. The molecule has 1 heterocycles. The lowest BCUT2D eigenvalue weighted by molar-refractivity contribution is -0.145. The first-order valence-corrected chi connectivity index (χ1v) is 9.50. The minimum atomic E-state index is -1.12. The summed E-state index contributed by atoms with van der Waals surface area (Å²) in [6, 6.07) is 5.71. The Morgan fingerprint density at radius 3 is 2.44 bits per heavy atom. The molecule has 1 aromatic carbocycles. The lowest BCUT2D eigenvalue weighted by Gasteiger charge is -2.21. The van der Waals surface area contributed by atoms with Crippen molar-refractivity contribution >= 4 is 52.2 Å². The van der Waals surface area contributed by atoms with E-state index in [1.807, 2.05) is 0 Å². The van der Waals surface area contributed by atoms with Crippen LogP contribution in [0.5, 0.6) is 5.75 Å². The van der Waals surface area contributed by atoms with Crippen molar-refractivity contribution < 1.29 is 29.3 Å². The number of carbonyl (C=O) groups excluding carboxylic acids is 1. The Labute approximate surface area is 166 Å². The fraction of sp³-hybridized carbons (Fsp3) is 0.333. The lowest BCUT2D eigenvalue weighted by Crippen LogP contribution is -2.43. The van der Waals surface area contributed by atoms with Gasteiger partial charge in [-0.05, 0) is 25.0 Å². The van der Waals surface area contributed by atoms with E-state index in [2.05, 4.69) is 0 Å². The molecule has 1 aliphatic heterocycles. The summed E-state index contributed by atoms with van der Waals surface area (Å²) in [5.74, 6) is -2.36. The van der Waals surface area contributed by atoms with Gasteiger partial charge < -0.3 is 14.9 Å². The van der Waals surface area contributed by atoms with Crippen molar-refractivity contribution in [3.8, 4) is 5.75 Å². The molecule has 7 nitrogen and oxygen atoms in total. The predicted octanol–water partition coefficient (Wildman–Crippen LogP) is 2.99. The molecule has 1 aromatic rings. The maximum Gasteiger partial charge on any atom is 0.344 e. The molecule has 0 saturated carbocycles. The molecular weight excluding hydrogens is 390 g/mol. The van der Waals surface area contributed by atoms with Gasteiger partial charge in [-0.25, -0.2) is 9.59 Å². The molecule has 27 heavy (non-hydrogen) atoms. The second-order valence-corrected chi connectivity index (χ2v) is 7.38. The molecule has 2 rings (SSSR count). The van der Waals surface area contributed by atoms with Crippen LogP contribution in [0.25, 0.3) is 6.08 Å². The number of benzene rings is 1. The molecule has 0 aliphatic carbocycles. The summed E-state index contributed by atoms with van der Waals surface area (Å²) in [5.41, 5.74) is 0.515. The number of thioether (sulfide) groups is 1. The summed E-state index contributed by atoms with van der Waals surface area (Å²) in [4.78, 5) is 36.6. The molecule has 2 atom stereocenters. The van der Waals surface area contributed by atoms with Gasteiger partial charge in [0.05, 0.1) is 4.91 Å². The summed E-state index contributed by atoms with van der Waals surface area (Å²) in [6.07, 6.45) is 1.04. The second-order valence-electron chi connectivity index (χ2n) is 5.70. The van der Waals surface area contributed by atoms with E-state index >= 15 is 0 Å². The van der Waals surface area contributed by atoms with Crippen LogP contribution in [0, 0.1) is 0 Å². The molecule has 1 fully saturated rings. The van der Waals surface area contributed by atoms with Crippen LogP contribution >= 0.6 is 24.0 Å². The van der Waals surface area contributed by atoms with Crippen LogP contribution in [0.4, 0.5) is 0 Å². The zero-order valence-electron chi connectivity index (χ0n) is 14.7. The molecule has 0 aromatic heterocycles. The number of aliphatic carboxylic acids is 2. The molecule has 2 unspecified atom stereocenters. The molecular formula is C18H19NO6S2. The van der Waals surface area contributed by atoms with Gasteiger partial charge in [0.1, 0.15) is 16.1 Å². The predicted molar refractivity (Wildman–Crippen MR) is 106 cm³/mol. The van der Waals surface area contributed by atoms with E-state index in [4.69, 9.17) is 17.0 Å². The highest BCUT2D eigenvalue weighted by molar-refractivity contribution is 8.26. The first-order chi connectivity index (χ1) is 12.8. The minimum Gasteiger partial charge on any atom is -0.480 e. The van der Waals surface area contributed by atoms with Gasteiger partial charge in [-0.15, -0.1) is 0 Å². The van der Waals surface area contributed by atoms with Gasteiger partial charge in [0, 0.05) is 5.56 Å². The Kier molecular flexibility index (Phi) is 6.98. The maximum absolute atomic E-state index is 12.7. The van der Waals surface area contributed by atoms with E-state index in [1.165, 1.54) is 6.08 Å². The highest BCUT2D eigenvalue weighted by Gasteiger charge is 2.39. The number of carboxylic acids is 2. The van der Waals surface area contributed by atoms with Crippen LogP contribution in [0.3, 0.4) is 0 Å². The van der Waals surface area contributed by atoms with Crippen LogP contribution in [0.1, 0.15) is 32.3 Å². The highest BCUT2D eigenvalue weighted by Crippen LogP contribution is 2.36. The summed E-state index contributed by atoms with van der Waals surface area (Å²) >= 11 is 6.19. The quantitative estimate of drug-likeness (QED) is 0.499. The second kappa shape index (κ2) is 9.01. The average Bonchev–Trinajstić information content (AvgIpc) is 2.89. The number of amides is 1. The number of hydrogen-bond donors (Lipinski definition) is 2. The van der Waals surface area contributed by atoms with Crippen molar-refractivity contribution in [1.29, 1.82) is 0 Å². The Hall–Kier alpha value is -2.39. The Morgan fingerprint density at radius 2 is 1.89 bits per heavy atom. The van der Waals surface area contributed by atoms with Crippen molar-refractivity contribution in [2.75, 3.05) is 0 Å². The molecule has 9 heteroatoms. The van der Waals surface area contributed by atoms with E-state index in [1.54, 1.807) is 38.1 Å². The normalized spacial score (nSPS) is 17.9. The molecule has 1 aliphatic rings. The summed E-state index contributed by atoms with van der Waals surface area (Å²) < 4.78 is 5.73. The topological polar surface area (TPSA) is 104 Å². The number of hydrogen-bond acceptors (Lipinski definition) is 6. The Balaban J connectivity index is 2.34. The summed E-state index contributed by atoms with van der Waals surface area (Å²) in [7, 11) is 0. The van der Waals surface area contributed by atoms with Crippen molar-refractivity contribution in [1.82, 2.24) is 4.90 Å². The lowest BCUT2D eigenvalue weighted by atomic mass is 10.1. The fourth-order valence-corrected chi connectivity index (χ4v) is 3.87. The molecule has 2 N–H and O–H groups in total. The number of thiocarbonyl (C=S) groups is 1. The van der Waals surface area contributed by atoms with Crippen molar-refractivity contribution in [2.24, 2.45) is 0 Å². The largest absolute Gasteiger partial charge is 0.480 e. The van der Waals surface area contributed by atoms with E-state index in [0.29, 0.717) is 11.3 Å². The van der Waals surface area contributed by atoms with E-state index in [9.17, 15) is 24.6 Å². The maximum atomic E-state index is 12.7. The van der Waals surface area contributed by atoms with Crippen molar-refractivity contribution in [3.05, 3.63) is 34.7 Å². The number of para-hydroxylation sites is 1. The first-order valence-electron chi connectivity index (χ1n) is 8.28. The van der Waals surface area contributed by atoms with Gasteiger partial charge in [0.2, 0.25) is 0 Å². The van der Waals surface area contributed by atoms with Crippen LogP contribution in [0.15, 0.2) is 29.2 Å². The number of rotatable bonds is 8. The van der Waals surface area contributed by atoms with Crippen LogP contribution in [-0.2, 0) is 14.4 Å². The van der Waals surface area contributed by atoms with Gasteiger partial charge in [0.25, 0.3) is 5.91 Å². The Bertz CT molecular complexity index is 807. The average molecular weight is 409 g/mol. The van der Waals surface area contributed by atoms with Gasteiger partial charge in [-0.2, -0.15) is 0 Å². The zero-order chi connectivity index (χ0) is 20.1. The third-order valence-electron chi connectivity index (χ3n) is 3.93. The number of ether oxygens (including phenoxy) is 1. The van der Waals surface area contributed by atoms with Gasteiger partial charge in [0.15, 0.2) is 6.10 Å². The van der Waals surface area contributed by atoms with E-state index in [0.717, 1.165) is 16.7 Å². The Morgan fingerprint density at radius 1 is 1.22 bits per heavy atom. The van der Waals surface area contributed by atoms with Gasteiger partial charge in [-0.3, -0.25) is 9.69 Å². The van der Waals surface area contributed by atoms with Crippen LogP contribution in [0.2, 0.25) is 0 Å². The van der Waals surface area contributed by atoms with Crippen molar-refractivity contribution in [2.45, 2.75) is 38.8 Å². The van der Waals surface area contributed by atoms with E-state index < -0.39 is 30.0 Å². The summed E-state index contributed by atoms with van der Waals surface area (Å²) in [5, 5.41) is 18.5. The number of carbonyl (C=O) groups is 3. The molecule has 1 saturated heterocycles. The van der Waals surface area contributed by atoms with Crippen LogP contribution < -0.4 is 4.74 Å². The van der Waals surface area contributed by atoms with Crippen LogP contribution in [-0.4, -0.2) is 49.4 Å². The standard InChI is InChI=1S/C18H19NO6S2/c1-3-11(16(21)22)19-15(20)14(27-18(19)26)9-10-7-5-6-8-13(10)25-12(4-2)17(23)24/h5-9,11-12H,3-4H2,1-2H3,(H,21,22)(H,23,24)/b14-9-. The number of nitrogens with zero attached hydrogens (tertiary/aromatic N) is 1. The minimum absolute atomic E-state index is 0.177. The van der Waals surface area contributed by atoms with Gasteiger partial charge in [-0.1, -0.05) is 56.0 Å². The SMILES string of the molecule is CCC(Oc1ccccc1/C=C1\SC(=S)N(C(CC)C(=O)O)C1=O)C(=O)O. The van der Waals surface area contributed by atoms with E-state index in [-0.39, 0.29) is 22.1 Å². The zero-order valence-corrected chi connectivity index (χ0v) is 16.4. The number of carboxylic acid groups (broad SMARTS) is 2. The van der Waals surface area contributed by atoms with Gasteiger partial charge >= 0.3 is 11.9 Å². The molecule has 144 valence electrons. The highest BCUT2D eigenvalue weighted by atomic mass is 32.2. The third kappa shape index (κ3) is 4.67. The fourth-order valence-electron chi connectivity index (χ4n) is 2.53.